The van der Waals surface area contributed by atoms with Gasteiger partial charge < -0.3 is 9.84 Å². The minimum Gasteiger partial charge on any atom is -0.495 e. The molecule has 2 N–H and O–H groups in total. The van der Waals surface area contributed by atoms with Crippen molar-refractivity contribution in [3.05, 3.63) is 23.2 Å². The van der Waals surface area contributed by atoms with E-state index in [4.69, 9.17) is 21.4 Å². The molecule has 1 aliphatic carbocycles. The average Bonchev–Trinajstić information content (AvgIpc) is 3.21. The first-order chi connectivity index (χ1) is 9.83. The summed E-state index contributed by atoms with van der Waals surface area (Å²) in [4.78, 5) is 10.8. The zero-order valence-electron chi connectivity index (χ0n) is 11.4. The molecule has 21 heavy (non-hydrogen) atoms. The summed E-state index contributed by atoms with van der Waals surface area (Å²) >= 11 is 5.92. The molecule has 1 aromatic carbocycles. The molecule has 0 bridgehead atoms. The molecule has 1 atom stereocenters. The second-order valence-electron chi connectivity index (χ2n) is 4.96. The van der Waals surface area contributed by atoms with E-state index in [1.54, 1.807) is 0 Å². The van der Waals surface area contributed by atoms with Crippen LogP contribution in [0.3, 0.4) is 0 Å². The van der Waals surface area contributed by atoms with Gasteiger partial charge in [-0.3, -0.25) is 4.79 Å². The van der Waals surface area contributed by atoms with Gasteiger partial charge in [-0.25, -0.2) is 13.1 Å². The van der Waals surface area contributed by atoms with Crippen LogP contribution in [-0.4, -0.2) is 32.6 Å². The van der Waals surface area contributed by atoms with E-state index in [0.29, 0.717) is 5.75 Å². The molecule has 1 unspecified atom stereocenters. The molecule has 1 aromatic rings. The maximum Gasteiger partial charge on any atom is 0.304 e. The van der Waals surface area contributed by atoms with Crippen molar-refractivity contribution in [2.75, 3.05) is 7.11 Å². The number of halogens is 1. The minimum absolute atomic E-state index is 0.00987. The molecular formula is C13H16ClNO5S. The Bertz CT molecular complexity index is 642. The van der Waals surface area contributed by atoms with E-state index in [1.807, 2.05) is 0 Å². The van der Waals surface area contributed by atoms with Crippen molar-refractivity contribution < 1.29 is 23.1 Å². The molecule has 1 aliphatic rings. The van der Waals surface area contributed by atoms with Gasteiger partial charge in [0.2, 0.25) is 10.0 Å². The molecular weight excluding hydrogens is 318 g/mol. The normalized spacial score (nSPS) is 16.5. The molecule has 0 heterocycles. The van der Waals surface area contributed by atoms with Gasteiger partial charge in [-0.05, 0) is 37.0 Å². The lowest BCUT2D eigenvalue weighted by Gasteiger charge is -2.16. The van der Waals surface area contributed by atoms with Crippen molar-refractivity contribution in [3.8, 4) is 5.75 Å². The summed E-state index contributed by atoms with van der Waals surface area (Å²) in [5.41, 5.74) is 0. The zero-order chi connectivity index (χ0) is 15.6. The maximum absolute atomic E-state index is 12.3. The standard InChI is InChI=1S/C13H16ClNO5S/c1-20-12-5-4-9(6-10(12)14)21(18,19)15-11(7-13(16)17)8-2-3-8/h4-6,8,11,15H,2-3,7H2,1H3,(H,16,17). The number of methoxy groups -OCH3 is 1. The van der Waals surface area contributed by atoms with Crippen molar-refractivity contribution in [1.29, 1.82) is 0 Å². The van der Waals surface area contributed by atoms with Crippen LogP contribution in [0, 0.1) is 5.92 Å². The second kappa shape index (κ2) is 6.21. The van der Waals surface area contributed by atoms with Gasteiger partial charge >= 0.3 is 5.97 Å². The molecule has 0 saturated heterocycles. The maximum atomic E-state index is 12.3. The number of hydrogen-bond donors (Lipinski definition) is 2. The lowest BCUT2D eigenvalue weighted by atomic mass is 10.1. The fraction of sp³-hybridized carbons (Fsp3) is 0.462. The first kappa shape index (κ1) is 16.1. The van der Waals surface area contributed by atoms with Gasteiger partial charge in [-0.1, -0.05) is 11.6 Å². The predicted octanol–water partition coefficient (Wildman–Crippen LogP) is 1.88. The predicted molar refractivity (Wildman–Crippen MR) is 77.1 cm³/mol. The highest BCUT2D eigenvalue weighted by Crippen LogP contribution is 2.35. The van der Waals surface area contributed by atoms with Crippen LogP contribution in [0.15, 0.2) is 23.1 Å². The molecule has 8 heteroatoms. The molecule has 1 saturated carbocycles. The highest BCUT2D eigenvalue weighted by molar-refractivity contribution is 7.89. The summed E-state index contributed by atoms with van der Waals surface area (Å²) in [5, 5.41) is 9.05. The number of rotatable bonds is 7. The number of ether oxygens (including phenoxy) is 1. The third-order valence-electron chi connectivity index (χ3n) is 3.33. The van der Waals surface area contributed by atoms with Gasteiger partial charge in [-0.15, -0.1) is 0 Å². The molecule has 6 nitrogen and oxygen atoms in total. The number of carboxylic acids is 1. The number of sulfonamides is 1. The summed E-state index contributed by atoms with van der Waals surface area (Å²) in [6.07, 6.45) is 1.45. The van der Waals surface area contributed by atoms with E-state index in [2.05, 4.69) is 4.72 Å². The van der Waals surface area contributed by atoms with Gasteiger partial charge in [0.1, 0.15) is 5.75 Å². The molecule has 2 rings (SSSR count). The lowest BCUT2D eigenvalue weighted by Crippen LogP contribution is -2.38. The number of carboxylic acid groups (broad SMARTS) is 1. The summed E-state index contributed by atoms with van der Waals surface area (Å²) in [7, 11) is -2.38. The van der Waals surface area contributed by atoms with Crippen molar-refractivity contribution in [2.24, 2.45) is 5.92 Å². The van der Waals surface area contributed by atoms with Crippen molar-refractivity contribution in [2.45, 2.75) is 30.2 Å². The SMILES string of the molecule is COc1ccc(S(=O)(=O)NC(CC(=O)O)C2CC2)cc1Cl. The van der Waals surface area contributed by atoms with Crippen LogP contribution in [0.1, 0.15) is 19.3 Å². The van der Waals surface area contributed by atoms with Crippen molar-refractivity contribution >= 4 is 27.6 Å². The Balaban J connectivity index is 2.20. The van der Waals surface area contributed by atoms with Crippen LogP contribution >= 0.6 is 11.6 Å². The van der Waals surface area contributed by atoms with E-state index < -0.39 is 22.0 Å². The highest BCUT2D eigenvalue weighted by atomic mass is 35.5. The topological polar surface area (TPSA) is 92.7 Å². The Morgan fingerprint density at radius 1 is 1.52 bits per heavy atom. The quantitative estimate of drug-likeness (QED) is 0.794. The van der Waals surface area contributed by atoms with Crippen LogP contribution in [0.25, 0.3) is 0 Å². The van der Waals surface area contributed by atoms with Gasteiger partial charge in [-0.2, -0.15) is 0 Å². The third-order valence-corrected chi connectivity index (χ3v) is 5.11. The summed E-state index contributed by atoms with van der Waals surface area (Å²) < 4.78 is 32.0. The Hall–Kier alpha value is -1.31. The van der Waals surface area contributed by atoms with Crippen LogP contribution < -0.4 is 9.46 Å². The fourth-order valence-corrected chi connectivity index (χ4v) is 3.73. The Morgan fingerprint density at radius 2 is 2.19 bits per heavy atom. The minimum atomic E-state index is -3.81. The summed E-state index contributed by atoms with van der Waals surface area (Å²) in [6.45, 7) is 0. The van der Waals surface area contributed by atoms with Gasteiger partial charge in [0, 0.05) is 6.04 Å². The van der Waals surface area contributed by atoms with E-state index in [0.717, 1.165) is 12.8 Å². The van der Waals surface area contributed by atoms with Gasteiger partial charge in [0.15, 0.2) is 0 Å². The van der Waals surface area contributed by atoms with Gasteiger partial charge in [0.25, 0.3) is 0 Å². The van der Waals surface area contributed by atoms with Crippen LogP contribution in [-0.2, 0) is 14.8 Å². The number of nitrogens with one attached hydrogen (secondary N) is 1. The molecule has 0 aliphatic heterocycles. The van der Waals surface area contributed by atoms with Gasteiger partial charge in [0.05, 0.1) is 23.4 Å². The van der Waals surface area contributed by atoms with E-state index in [-0.39, 0.29) is 22.3 Å². The second-order valence-corrected chi connectivity index (χ2v) is 7.08. The Morgan fingerprint density at radius 3 is 2.67 bits per heavy atom. The molecule has 0 spiro atoms. The Labute approximate surface area is 128 Å². The molecule has 1 fully saturated rings. The van der Waals surface area contributed by atoms with Crippen LogP contribution in [0.5, 0.6) is 5.75 Å². The van der Waals surface area contributed by atoms with Crippen LogP contribution in [0.4, 0.5) is 0 Å². The number of aliphatic carboxylic acids is 1. The van der Waals surface area contributed by atoms with E-state index in [1.165, 1.54) is 25.3 Å². The molecule has 0 radical (unpaired) electrons. The zero-order valence-corrected chi connectivity index (χ0v) is 12.9. The molecule has 116 valence electrons. The van der Waals surface area contributed by atoms with Crippen LogP contribution in [0.2, 0.25) is 5.02 Å². The Kier molecular flexibility index (Phi) is 4.75. The number of hydrogen-bond acceptors (Lipinski definition) is 4. The monoisotopic (exact) mass is 333 g/mol. The lowest BCUT2D eigenvalue weighted by molar-refractivity contribution is -0.137. The van der Waals surface area contributed by atoms with E-state index in [9.17, 15) is 13.2 Å². The first-order valence-corrected chi connectivity index (χ1v) is 8.27. The smallest absolute Gasteiger partial charge is 0.304 e. The fourth-order valence-electron chi connectivity index (χ4n) is 2.07. The average molecular weight is 334 g/mol. The van der Waals surface area contributed by atoms with Crippen molar-refractivity contribution in [3.63, 3.8) is 0 Å². The third kappa shape index (κ3) is 4.09. The summed E-state index contributed by atoms with van der Waals surface area (Å²) in [6, 6.07) is 3.53. The largest absolute Gasteiger partial charge is 0.495 e. The van der Waals surface area contributed by atoms with E-state index >= 15 is 0 Å². The summed E-state index contributed by atoms with van der Waals surface area (Å²) in [5.74, 6) is -0.563. The number of benzene rings is 1. The first-order valence-electron chi connectivity index (χ1n) is 6.41. The highest BCUT2D eigenvalue weighted by Gasteiger charge is 2.35. The number of carbonyl (C=O) groups is 1. The molecule has 0 amide bonds. The molecule has 0 aromatic heterocycles. The van der Waals surface area contributed by atoms with Crippen molar-refractivity contribution in [1.82, 2.24) is 4.72 Å².